The van der Waals surface area contributed by atoms with E-state index in [0.29, 0.717) is 12.4 Å². The van der Waals surface area contributed by atoms with Crippen molar-refractivity contribution in [3.8, 4) is 0 Å². The highest BCUT2D eigenvalue weighted by Crippen LogP contribution is 2.25. The van der Waals surface area contributed by atoms with Gasteiger partial charge < -0.3 is 5.32 Å². The lowest BCUT2D eigenvalue weighted by atomic mass is 10.3. The topological polar surface area (TPSA) is 59.8 Å². The maximum Gasteiger partial charge on any atom is 0.307 e. The highest BCUT2D eigenvalue weighted by atomic mass is 32.1. The molecule has 0 aliphatic carbocycles. The van der Waals surface area contributed by atoms with Gasteiger partial charge in [-0.15, -0.1) is 11.3 Å². The predicted molar refractivity (Wildman–Crippen MR) is 84.1 cm³/mol. The van der Waals surface area contributed by atoms with E-state index in [2.05, 4.69) is 15.3 Å². The van der Waals surface area contributed by atoms with E-state index in [0.717, 1.165) is 26.6 Å². The Labute approximate surface area is 123 Å². The minimum Gasteiger partial charge on any atom is -0.372 e. The van der Waals surface area contributed by atoms with Crippen molar-refractivity contribution >= 4 is 38.7 Å². The summed E-state index contributed by atoms with van der Waals surface area (Å²) >= 11 is 2.85. The van der Waals surface area contributed by atoms with Gasteiger partial charge in [-0.1, -0.05) is 11.3 Å². The molecule has 0 amide bonds. The van der Waals surface area contributed by atoms with Gasteiger partial charge in [0.1, 0.15) is 10.6 Å². The van der Waals surface area contributed by atoms with Crippen LogP contribution in [0.4, 0.5) is 5.82 Å². The van der Waals surface area contributed by atoms with Crippen molar-refractivity contribution in [3.05, 3.63) is 37.5 Å². The van der Waals surface area contributed by atoms with Gasteiger partial charge in [-0.3, -0.25) is 9.36 Å². The lowest BCUT2D eigenvalue weighted by Crippen LogP contribution is -2.17. The van der Waals surface area contributed by atoms with Gasteiger partial charge in [-0.05, 0) is 25.3 Å². The fourth-order valence-corrected chi connectivity index (χ4v) is 3.69. The lowest BCUT2D eigenvalue weighted by Gasteiger charge is -2.07. The molecule has 3 heterocycles. The van der Waals surface area contributed by atoms with Gasteiger partial charge in [0.25, 0.3) is 0 Å². The van der Waals surface area contributed by atoms with Gasteiger partial charge in [0.05, 0.1) is 11.9 Å². The quantitative estimate of drug-likeness (QED) is 0.808. The number of anilines is 1. The molecule has 3 aromatic heterocycles. The Morgan fingerprint density at radius 2 is 2.15 bits per heavy atom. The molecule has 5 nitrogen and oxygen atoms in total. The first-order valence-electron chi connectivity index (χ1n) is 6.19. The summed E-state index contributed by atoms with van der Waals surface area (Å²) in [6.07, 6.45) is 0. The van der Waals surface area contributed by atoms with Crippen molar-refractivity contribution < 1.29 is 0 Å². The first kappa shape index (κ1) is 13.3. The predicted octanol–water partition coefficient (Wildman–Crippen LogP) is 2.62. The van der Waals surface area contributed by atoms with Gasteiger partial charge in [0, 0.05) is 17.6 Å². The van der Waals surface area contributed by atoms with E-state index >= 15 is 0 Å². The number of aromatic nitrogens is 3. The van der Waals surface area contributed by atoms with E-state index in [9.17, 15) is 4.79 Å². The second-order valence-electron chi connectivity index (χ2n) is 4.47. The monoisotopic (exact) mass is 306 g/mol. The molecule has 0 aliphatic rings. The zero-order valence-electron chi connectivity index (χ0n) is 11.4. The number of aryl methyl sites for hydroxylation is 1. The van der Waals surface area contributed by atoms with E-state index in [-0.39, 0.29) is 4.87 Å². The Hall–Kier alpha value is -1.73. The smallest absolute Gasteiger partial charge is 0.307 e. The van der Waals surface area contributed by atoms with Crippen molar-refractivity contribution in [2.45, 2.75) is 20.4 Å². The van der Waals surface area contributed by atoms with Gasteiger partial charge in [-0.2, -0.15) is 0 Å². The van der Waals surface area contributed by atoms with Gasteiger partial charge >= 0.3 is 4.87 Å². The van der Waals surface area contributed by atoms with Crippen LogP contribution in [0.15, 0.2) is 16.2 Å². The fraction of sp³-hybridized carbons (Fsp3) is 0.308. The molecule has 0 saturated heterocycles. The average Bonchev–Trinajstić information content (AvgIpc) is 2.98. The van der Waals surface area contributed by atoms with E-state index in [1.54, 1.807) is 15.9 Å². The minimum absolute atomic E-state index is 0.0425. The summed E-state index contributed by atoms with van der Waals surface area (Å²) in [5.74, 6) is 1.47. The maximum absolute atomic E-state index is 11.9. The Kier molecular flexibility index (Phi) is 3.31. The summed E-state index contributed by atoms with van der Waals surface area (Å²) in [7, 11) is 1.84. The van der Waals surface area contributed by atoms with Crippen molar-refractivity contribution in [1.29, 1.82) is 0 Å². The summed E-state index contributed by atoms with van der Waals surface area (Å²) in [6, 6.07) is 2.00. The van der Waals surface area contributed by atoms with E-state index in [1.807, 2.05) is 32.3 Å². The molecule has 0 aliphatic heterocycles. The van der Waals surface area contributed by atoms with Crippen LogP contribution < -0.4 is 10.2 Å². The highest BCUT2D eigenvalue weighted by molar-refractivity contribution is 7.16. The van der Waals surface area contributed by atoms with E-state index in [1.165, 1.54) is 11.3 Å². The Bertz CT molecular complexity index is 831. The molecule has 0 atom stereocenters. The summed E-state index contributed by atoms with van der Waals surface area (Å²) in [4.78, 5) is 23.0. The van der Waals surface area contributed by atoms with Crippen LogP contribution in [0, 0.1) is 13.8 Å². The van der Waals surface area contributed by atoms with Crippen molar-refractivity contribution in [2.24, 2.45) is 0 Å². The maximum atomic E-state index is 11.9. The molecule has 3 rings (SSSR count). The molecule has 7 heteroatoms. The second kappa shape index (κ2) is 4.99. The summed E-state index contributed by atoms with van der Waals surface area (Å²) in [5, 5.41) is 6.10. The first-order chi connectivity index (χ1) is 9.60. The van der Waals surface area contributed by atoms with Gasteiger partial charge in [-0.25, -0.2) is 9.97 Å². The normalized spacial score (nSPS) is 11.2. The third kappa shape index (κ3) is 2.12. The van der Waals surface area contributed by atoms with Gasteiger partial charge in [0.15, 0.2) is 5.82 Å². The Morgan fingerprint density at radius 3 is 2.80 bits per heavy atom. The zero-order valence-corrected chi connectivity index (χ0v) is 13.1. The summed E-state index contributed by atoms with van der Waals surface area (Å²) in [6.45, 7) is 4.33. The Morgan fingerprint density at radius 1 is 1.35 bits per heavy atom. The van der Waals surface area contributed by atoms with Crippen LogP contribution in [-0.4, -0.2) is 21.6 Å². The number of nitrogens with one attached hydrogen (secondary N) is 1. The third-order valence-electron chi connectivity index (χ3n) is 3.28. The number of fused-ring (bicyclic) bond motifs is 1. The third-order valence-corrected chi connectivity index (χ3v) is 5.09. The van der Waals surface area contributed by atoms with Crippen LogP contribution in [0.1, 0.15) is 16.4 Å². The summed E-state index contributed by atoms with van der Waals surface area (Å²) in [5.41, 5.74) is 0.987. The molecular weight excluding hydrogens is 292 g/mol. The number of rotatable bonds is 3. The molecule has 0 spiro atoms. The number of thiazole rings is 1. The SMILES string of the molecule is CNc1nc(Cn2c(C)c(C)sc2=O)nc2sccc12. The van der Waals surface area contributed by atoms with Gasteiger partial charge in [0.2, 0.25) is 0 Å². The molecule has 0 fully saturated rings. The molecule has 0 unspecified atom stereocenters. The molecule has 104 valence electrons. The lowest BCUT2D eigenvalue weighted by molar-refractivity contribution is 0.714. The second-order valence-corrected chi connectivity index (χ2v) is 6.53. The zero-order chi connectivity index (χ0) is 14.3. The van der Waals surface area contributed by atoms with Crippen LogP contribution >= 0.6 is 22.7 Å². The number of nitrogens with zero attached hydrogens (tertiary/aromatic N) is 3. The minimum atomic E-state index is 0.0425. The van der Waals surface area contributed by atoms with Crippen LogP contribution in [0.25, 0.3) is 10.2 Å². The summed E-state index contributed by atoms with van der Waals surface area (Å²) < 4.78 is 1.73. The van der Waals surface area contributed by atoms with E-state index < -0.39 is 0 Å². The molecule has 1 N–H and O–H groups in total. The van der Waals surface area contributed by atoms with Crippen molar-refractivity contribution in [1.82, 2.24) is 14.5 Å². The number of hydrogen-bond donors (Lipinski definition) is 1. The molecule has 0 bridgehead atoms. The van der Waals surface area contributed by atoms with Crippen molar-refractivity contribution in [2.75, 3.05) is 12.4 Å². The molecular formula is C13H14N4OS2. The standard InChI is InChI=1S/C13H14N4OS2/c1-7-8(2)20-13(18)17(7)6-10-15-11(14-3)9-4-5-19-12(9)16-10/h4-5H,6H2,1-3H3,(H,14,15,16). The highest BCUT2D eigenvalue weighted by Gasteiger charge is 2.12. The fourth-order valence-electron chi connectivity index (χ4n) is 2.07. The van der Waals surface area contributed by atoms with Crippen LogP contribution in [-0.2, 0) is 6.54 Å². The van der Waals surface area contributed by atoms with Crippen LogP contribution in [0.3, 0.4) is 0 Å². The first-order valence-corrected chi connectivity index (χ1v) is 7.88. The molecule has 3 aromatic rings. The van der Waals surface area contributed by atoms with E-state index in [4.69, 9.17) is 0 Å². The number of thiophene rings is 1. The number of hydrogen-bond acceptors (Lipinski definition) is 6. The Balaban J connectivity index is 2.08. The largest absolute Gasteiger partial charge is 0.372 e. The van der Waals surface area contributed by atoms with Crippen LogP contribution in [0.2, 0.25) is 0 Å². The molecule has 20 heavy (non-hydrogen) atoms. The average molecular weight is 306 g/mol. The molecule has 0 saturated carbocycles. The molecule has 0 radical (unpaired) electrons. The molecule has 0 aromatic carbocycles. The van der Waals surface area contributed by atoms with Crippen molar-refractivity contribution in [3.63, 3.8) is 0 Å². The van der Waals surface area contributed by atoms with Crippen LogP contribution in [0.5, 0.6) is 0 Å².